The van der Waals surface area contributed by atoms with Crippen molar-refractivity contribution >= 4 is 21.8 Å². The number of carbonyl (C=O) groups excluding carboxylic acids is 2. The maximum absolute atomic E-state index is 12.9. The van der Waals surface area contributed by atoms with Crippen LogP contribution < -0.4 is 5.32 Å². The Morgan fingerprint density at radius 2 is 1.75 bits per heavy atom. The van der Waals surface area contributed by atoms with Crippen LogP contribution in [-0.4, -0.2) is 62.3 Å². The molecule has 2 aliphatic heterocycles. The molecule has 0 bridgehead atoms. The Hall–Kier alpha value is -2.75. The number of nitrogens with zero attached hydrogens (tertiary/aromatic N) is 2. The van der Waals surface area contributed by atoms with Gasteiger partial charge >= 0.3 is 0 Å². The molecule has 0 unspecified atom stereocenters. The average Bonchev–Trinajstić information content (AvgIpc) is 3.23. The molecule has 2 amide bonds. The number of hydrogen-bond donors (Lipinski definition) is 1. The number of carbonyl (C=O) groups is 2. The maximum atomic E-state index is 12.9. The summed E-state index contributed by atoms with van der Waals surface area (Å²) in [6.45, 7) is 2.90. The third kappa shape index (κ3) is 5.01. The summed E-state index contributed by atoms with van der Waals surface area (Å²) in [6.07, 6.45) is 1.46. The molecule has 2 aromatic rings. The molecule has 0 aliphatic carbocycles. The van der Waals surface area contributed by atoms with Crippen LogP contribution in [0.4, 0.5) is 0 Å². The molecule has 2 saturated heterocycles. The number of hydrogen-bond acceptors (Lipinski definition) is 5. The van der Waals surface area contributed by atoms with E-state index in [1.165, 1.54) is 16.4 Å². The van der Waals surface area contributed by atoms with Gasteiger partial charge in [-0.3, -0.25) is 9.59 Å². The zero-order chi connectivity index (χ0) is 22.6. The number of nitrogens with one attached hydrogen (secondary N) is 1. The minimum Gasteiger partial charge on any atom is -0.379 e. The van der Waals surface area contributed by atoms with E-state index in [1.54, 1.807) is 12.1 Å². The zero-order valence-corrected chi connectivity index (χ0v) is 18.6. The summed E-state index contributed by atoms with van der Waals surface area (Å²) in [4.78, 5) is 26.7. The van der Waals surface area contributed by atoms with Crippen LogP contribution >= 0.6 is 0 Å². The summed E-state index contributed by atoms with van der Waals surface area (Å²) in [5.41, 5.74) is 2.20. The Bertz CT molecular complexity index is 1100. The fraction of sp³-hybridized carbons (Fsp3) is 0.391. The van der Waals surface area contributed by atoms with Gasteiger partial charge in [0.1, 0.15) is 0 Å². The molecule has 0 spiro atoms. The highest BCUT2D eigenvalue weighted by Crippen LogP contribution is 2.20. The quantitative estimate of drug-likeness (QED) is 0.684. The molecule has 2 heterocycles. The summed E-state index contributed by atoms with van der Waals surface area (Å²) in [5.74, 6) is -0.196. The lowest BCUT2D eigenvalue weighted by molar-refractivity contribution is -0.128. The number of rotatable bonds is 7. The number of amides is 2. The van der Waals surface area contributed by atoms with E-state index in [9.17, 15) is 18.0 Å². The van der Waals surface area contributed by atoms with Gasteiger partial charge < -0.3 is 15.0 Å². The highest BCUT2D eigenvalue weighted by molar-refractivity contribution is 7.89. The van der Waals surface area contributed by atoms with Gasteiger partial charge in [-0.05, 0) is 35.7 Å². The summed E-state index contributed by atoms with van der Waals surface area (Å²) in [6, 6.07) is 13.8. The lowest BCUT2D eigenvalue weighted by Gasteiger charge is -2.26. The predicted molar refractivity (Wildman–Crippen MR) is 118 cm³/mol. The van der Waals surface area contributed by atoms with Gasteiger partial charge in [0.05, 0.1) is 18.1 Å². The molecule has 9 heteroatoms. The third-order valence-electron chi connectivity index (χ3n) is 5.79. The molecule has 4 rings (SSSR count). The van der Waals surface area contributed by atoms with Crippen molar-refractivity contribution in [1.29, 1.82) is 0 Å². The van der Waals surface area contributed by atoms with E-state index in [0.717, 1.165) is 24.1 Å². The Kier molecular flexibility index (Phi) is 6.88. The fourth-order valence-electron chi connectivity index (χ4n) is 3.97. The first-order chi connectivity index (χ1) is 15.4. The molecule has 0 atom stereocenters. The number of morpholine rings is 1. The third-order valence-corrected chi connectivity index (χ3v) is 7.69. The van der Waals surface area contributed by atoms with Gasteiger partial charge in [-0.1, -0.05) is 30.3 Å². The molecular weight excluding hydrogens is 430 g/mol. The molecule has 0 aromatic heterocycles. The van der Waals surface area contributed by atoms with Crippen molar-refractivity contribution in [2.45, 2.75) is 30.8 Å². The zero-order valence-electron chi connectivity index (χ0n) is 17.8. The van der Waals surface area contributed by atoms with Crippen molar-refractivity contribution in [2.24, 2.45) is 0 Å². The monoisotopic (exact) mass is 457 g/mol. The summed E-state index contributed by atoms with van der Waals surface area (Å²) < 4.78 is 32.4. The second kappa shape index (κ2) is 9.81. The van der Waals surface area contributed by atoms with Gasteiger partial charge in [0.2, 0.25) is 15.9 Å². The van der Waals surface area contributed by atoms with E-state index in [4.69, 9.17) is 4.74 Å². The van der Waals surface area contributed by atoms with Crippen molar-refractivity contribution in [2.75, 3.05) is 32.8 Å². The van der Waals surface area contributed by atoms with Crippen molar-refractivity contribution in [3.63, 3.8) is 0 Å². The fourth-order valence-corrected chi connectivity index (χ4v) is 5.43. The second-order valence-electron chi connectivity index (χ2n) is 7.91. The standard InChI is InChI=1S/C23H27N3O5S/c27-22-9-4-10-25(22)17-20-6-2-1-5-19(20)16-24-23(28)18-7-3-8-21(15-18)32(29,30)26-11-13-31-14-12-26/h1-3,5-8,15H,4,9-14,16-17H2,(H,24,28). The van der Waals surface area contributed by atoms with Crippen LogP contribution in [-0.2, 0) is 32.6 Å². The number of benzene rings is 2. The van der Waals surface area contributed by atoms with Gasteiger partial charge in [-0.25, -0.2) is 8.42 Å². The minimum atomic E-state index is -3.67. The predicted octanol–water partition coefficient (Wildman–Crippen LogP) is 1.76. The van der Waals surface area contributed by atoms with Gasteiger partial charge in [0.25, 0.3) is 5.91 Å². The first-order valence-electron chi connectivity index (χ1n) is 10.8. The number of ether oxygens (including phenoxy) is 1. The Morgan fingerprint density at radius 1 is 1.00 bits per heavy atom. The normalized spacial score (nSPS) is 17.5. The largest absolute Gasteiger partial charge is 0.379 e. The van der Waals surface area contributed by atoms with Crippen molar-refractivity contribution in [1.82, 2.24) is 14.5 Å². The molecule has 32 heavy (non-hydrogen) atoms. The number of likely N-dealkylation sites (tertiary alicyclic amines) is 1. The molecule has 8 nitrogen and oxygen atoms in total. The van der Waals surface area contributed by atoms with E-state index in [0.29, 0.717) is 39.3 Å². The lowest BCUT2D eigenvalue weighted by atomic mass is 10.1. The van der Waals surface area contributed by atoms with E-state index in [1.807, 2.05) is 29.2 Å². The summed E-state index contributed by atoms with van der Waals surface area (Å²) >= 11 is 0. The van der Waals surface area contributed by atoms with Crippen LogP contribution in [0.5, 0.6) is 0 Å². The molecular formula is C23H27N3O5S. The highest BCUT2D eigenvalue weighted by Gasteiger charge is 2.27. The van der Waals surface area contributed by atoms with E-state index >= 15 is 0 Å². The van der Waals surface area contributed by atoms with E-state index in [-0.39, 0.29) is 28.8 Å². The average molecular weight is 458 g/mol. The van der Waals surface area contributed by atoms with Gasteiger partial charge in [0, 0.05) is 44.7 Å². The van der Waals surface area contributed by atoms with Crippen LogP contribution in [0.2, 0.25) is 0 Å². The minimum absolute atomic E-state index is 0.0972. The van der Waals surface area contributed by atoms with Crippen LogP contribution in [0.25, 0.3) is 0 Å². The lowest BCUT2D eigenvalue weighted by Crippen LogP contribution is -2.40. The summed E-state index contributed by atoms with van der Waals surface area (Å²) in [7, 11) is -3.67. The molecule has 0 saturated carbocycles. The second-order valence-corrected chi connectivity index (χ2v) is 9.85. The topological polar surface area (TPSA) is 96.0 Å². The SMILES string of the molecule is O=C(NCc1ccccc1CN1CCCC1=O)c1cccc(S(=O)(=O)N2CCOCC2)c1. The molecule has 2 aromatic carbocycles. The molecule has 1 N–H and O–H groups in total. The molecule has 2 fully saturated rings. The van der Waals surface area contributed by atoms with Crippen molar-refractivity contribution in [3.8, 4) is 0 Å². The van der Waals surface area contributed by atoms with Crippen LogP contribution in [0.1, 0.15) is 34.3 Å². The maximum Gasteiger partial charge on any atom is 0.251 e. The van der Waals surface area contributed by atoms with E-state index < -0.39 is 10.0 Å². The van der Waals surface area contributed by atoms with Gasteiger partial charge in [-0.15, -0.1) is 0 Å². The first-order valence-corrected chi connectivity index (χ1v) is 12.2. The van der Waals surface area contributed by atoms with Gasteiger partial charge in [0.15, 0.2) is 0 Å². The van der Waals surface area contributed by atoms with Crippen molar-refractivity contribution in [3.05, 3.63) is 65.2 Å². The van der Waals surface area contributed by atoms with E-state index in [2.05, 4.69) is 5.32 Å². The first kappa shape index (κ1) is 22.4. The van der Waals surface area contributed by atoms with Crippen LogP contribution in [0, 0.1) is 0 Å². The molecule has 0 radical (unpaired) electrons. The van der Waals surface area contributed by atoms with Crippen molar-refractivity contribution < 1.29 is 22.7 Å². The Labute approximate surface area is 188 Å². The van der Waals surface area contributed by atoms with Gasteiger partial charge in [-0.2, -0.15) is 4.31 Å². The smallest absolute Gasteiger partial charge is 0.251 e. The Morgan fingerprint density at radius 3 is 2.47 bits per heavy atom. The van der Waals surface area contributed by atoms with Crippen LogP contribution in [0.15, 0.2) is 53.4 Å². The highest BCUT2D eigenvalue weighted by atomic mass is 32.2. The molecule has 170 valence electrons. The Balaban J connectivity index is 1.44. The number of sulfonamides is 1. The summed E-state index contributed by atoms with van der Waals surface area (Å²) in [5, 5.41) is 2.88. The van der Waals surface area contributed by atoms with Crippen LogP contribution in [0.3, 0.4) is 0 Å². The molecule has 2 aliphatic rings.